The number of benzene rings is 2. The lowest BCUT2D eigenvalue weighted by molar-refractivity contribution is -0.142. The molecule has 1 fully saturated rings. The van der Waals surface area contributed by atoms with E-state index in [9.17, 15) is 27.9 Å². The number of carboxylic acids is 1. The number of aliphatic carboxylic acids is 1. The highest BCUT2D eigenvalue weighted by atomic mass is 32.2. The van der Waals surface area contributed by atoms with Crippen LogP contribution in [0.15, 0.2) is 59.5 Å². The highest BCUT2D eigenvalue weighted by Gasteiger charge is 2.40. The minimum absolute atomic E-state index is 0.0182. The molecule has 0 unspecified atom stereocenters. The second-order valence-corrected chi connectivity index (χ2v) is 9.82. The summed E-state index contributed by atoms with van der Waals surface area (Å²) in [5, 5.41) is 12.1. The van der Waals surface area contributed by atoms with Gasteiger partial charge in [-0.3, -0.25) is 9.59 Å². The Balaban J connectivity index is 1.70. The number of amides is 1. The van der Waals surface area contributed by atoms with Crippen LogP contribution in [0.25, 0.3) is 0 Å². The zero-order valence-electron chi connectivity index (χ0n) is 18.0. The molecule has 2 atom stereocenters. The molecule has 4 N–H and O–H groups in total. The molecule has 9 nitrogen and oxygen atoms in total. The third-order valence-corrected chi connectivity index (χ3v) is 7.48. The summed E-state index contributed by atoms with van der Waals surface area (Å²) in [6, 6.07) is 12.5. The average Bonchev–Trinajstić information content (AvgIpc) is 3.31. The van der Waals surface area contributed by atoms with Crippen LogP contribution < -0.4 is 11.1 Å². The monoisotopic (exact) mass is 473 g/mol. The number of Topliss-reactive ketones (excluding diaryl/α,β-unsaturated/α-hetero) is 1. The highest BCUT2D eigenvalue weighted by Crippen LogP contribution is 2.26. The van der Waals surface area contributed by atoms with Crippen LogP contribution in [0.4, 0.5) is 0 Å². The first-order valence-electron chi connectivity index (χ1n) is 10.6. The molecular formula is C23H27N3O6S. The largest absolute Gasteiger partial charge is 0.480 e. The number of carboxylic acid groups (broad SMARTS) is 1. The Kier molecular flexibility index (Phi) is 7.96. The Labute approximate surface area is 192 Å². The van der Waals surface area contributed by atoms with Gasteiger partial charge in [0.2, 0.25) is 15.9 Å². The van der Waals surface area contributed by atoms with Crippen LogP contribution in [0.2, 0.25) is 0 Å². The molecule has 1 heterocycles. The van der Waals surface area contributed by atoms with Gasteiger partial charge in [0.25, 0.3) is 0 Å². The summed E-state index contributed by atoms with van der Waals surface area (Å²) in [5.41, 5.74) is 6.74. The molecule has 1 amide bonds. The van der Waals surface area contributed by atoms with Crippen LogP contribution in [0.1, 0.15) is 24.0 Å². The van der Waals surface area contributed by atoms with Crippen molar-refractivity contribution in [1.29, 1.82) is 0 Å². The van der Waals surface area contributed by atoms with Crippen molar-refractivity contribution in [3.05, 3.63) is 65.7 Å². The van der Waals surface area contributed by atoms with Gasteiger partial charge in [0, 0.05) is 19.4 Å². The number of rotatable bonds is 10. The van der Waals surface area contributed by atoms with Gasteiger partial charge in [-0.2, -0.15) is 4.31 Å². The summed E-state index contributed by atoms with van der Waals surface area (Å²) in [5.74, 6) is -1.96. The van der Waals surface area contributed by atoms with Crippen LogP contribution in [0, 0.1) is 0 Å². The Morgan fingerprint density at radius 2 is 1.70 bits per heavy atom. The first-order valence-corrected chi connectivity index (χ1v) is 12.1. The van der Waals surface area contributed by atoms with Crippen molar-refractivity contribution in [2.75, 3.05) is 13.1 Å². The van der Waals surface area contributed by atoms with Gasteiger partial charge in [-0.1, -0.05) is 42.5 Å². The van der Waals surface area contributed by atoms with Gasteiger partial charge < -0.3 is 16.2 Å². The normalized spacial score (nSPS) is 17.4. The molecule has 3 rings (SSSR count). The zero-order chi connectivity index (χ0) is 24.0. The van der Waals surface area contributed by atoms with E-state index >= 15 is 0 Å². The molecule has 0 bridgehead atoms. The SMILES string of the molecule is NCC(=O)Cc1ccc(C[C@H](NC(=O)[C@@H]2CCCN2S(=O)(=O)c2ccccc2)C(=O)O)cc1. The molecule has 1 aliphatic heterocycles. The third kappa shape index (κ3) is 6.04. The van der Waals surface area contributed by atoms with Crippen molar-refractivity contribution in [1.82, 2.24) is 9.62 Å². The van der Waals surface area contributed by atoms with Crippen molar-refractivity contribution < 1.29 is 27.9 Å². The van der Waals surface area contributed by atoms with E-state index in [2.05, 4.69) is 5.32 Å². The maximum absolute atomic E-state index is 13.0. The number of carbonyl (C=O) groups is 3. The fourth-order valence-electron chi connectivity index (χ4n) is 3.81. The van der Waals surface area contributed by atoms with Gasteiger partial charge in [-0.05, 0) is 36.1 Å². The summed E-state index contributed by atoms with van der Waals surface area (Å²) in [4.78, 5) is 36.3. The number of carbonyl (C=O) groups excluding carboxylic acids is 2. The smallest absolute Gasteiger partial charge is 0.326 e. The van der Waals surface area contributed by atoms with Crippen LogP contribution in [-0.4, -0.2) is 60.7 Å². The number of sulfonamides is 1. The van der Waals surface area contributed by atoms with Gasteiger partial charge in [0.1, 0.15) is 12.1 Å². The molecule has 33 heavy (non-hydrogen) atoms. The molecule has 1 saturated heterocycles. The van der Waals surface area contributed by atoms with E-state index in [0.717, 1.165) is 9.87 Å². The fraction of sp³-hybridized carbons (Fsp3) is 0.348. The van der Waals surface area contributed by atoms with Crippen LogP contribution in [0.3, 0.4) is 0 Å². The molecule has 0 spiro atoms. The molecule has 1 aliphatic rings. The molecule has 176 valence electrons. The van der Waals surface area contributed by atoms with Gasteiger partial charge in [-0.25, -0.2) is 13.2 Å². The van der Waals surface area contributed by atoms with Crippen molar-refractivity contribution in [3.8, 4) is 0 Å². The molecule has 0 saturated carbocycles. The van der Waals surface area contributed by atoms with Crippen molar-refractivity contribution in [3.63, 3.8) is 0 Å². The number of nitrogens with one attached hydrogen (secondary N) is 1. The Hall–Kier alpha value is -3.08. The lowest BCUT2D eigenvalue weighted by atomic mass is 10.0. The molecule has 0 radical (unpaired) electrons. The number of nitrogens with two attached hydrogens (primary N) is 1. The molecule has 10 heteroatoms. The number of hydrogen-bond donors (Lipinski definition) is 3. The second kappa shape index (κ2) is 10.7. The van der Waals surface area contributed by atoms with Crippen LogP contribution >= 0.6 is 0 Å². The molecule has 2 aromatic rings. The summed E-state index contributed by atoms with van der Waals surface area (Å²) >= 11 is 0. The lowest BCUT2D eigenvalue weighted by Gasteiger charge is -2.25. The average molecular weight is 474 g/mol. The topological polar surface area (TPSA) is 147 Å². The quantitative estimate of drug-likeness (QED) is 0.461. The Morgan fingerprint density at radius 1 is 1.06 bits per heavy atom. The first kappa shape index (κ1) is 24.6. The van der Waals surface area contributed by atoms with E-state index in [1.165, 1.54) is 12.1 Å². The molecule has 2 aromatic carbocycles. The number of nitrogens with zero attached hydrogens (tertiary/aromatic N) is 1. The summed E-state index contributed by atoms with van der Waals surface area (Å²) in [6.45, 7) is 0.142. The number of hydrogen-bond acceptors (Lipinski definition) is 6. The van der Waals surface area contributed by atoms with E-state index in [1.54, 1.807) is 42.5 Å². The van der Waals surface area contributed by atoms with E-state index in [1.807, 2.05) is 0 Å². The minimum Gasteiger partial charge on any atom is -0.480 e. The third-order valence-electron chi connectivity index (χ3n) is 5.56. The molecule has 0 aromatic heterocycles. The Morgan fingerprint density at radius 3 is 2.30 bits per heavy atom. The molecule has 0 aliphatic carbocycles. The predicted molar refractivity (Wildman–Crippen MR) is 121 cm³/mol. The highest BCUT2D eigenvalue weighted by molar-refractivity contribution is 7.89. The number of ketones is 1. The summed E-state index contributed by atoms with van der Waals surface area (Å²) in [7, 11) is -3.88. The minimum atomic E-state index is -3.88. The van der Waals surface area contributed by atoms with Crippen molar-refractivity contribution in [2.45, 2.75) is 42.7 Å². The Bertz CT molecular complexity index is 1100. The molecular weight excluding hydrogens is 446 g/mol. The van der Waals surface area contributed by atoms with Gasteiger partial charge in [-0.15, -0.1) is 0 Å². The summed E-state index contributed by atoms with van der Waals surface area (Å²) < 4.78 is 27.1. The van der Waals surface area contributed by atoms with Crippen molar-refractivity contribution in [2.24, 2.45) is 5.73 Å². The van der Waals surface area contributed by atoms with E-state index in [-0.39, 0.29) is 36.6 Å². The van der Waals surface area contributed by atoms with Gasteiger partial charge in [0.05, 0.1) is 11.4 Å². The van der Waals surface area contributed by atoms with Crippen LogP contribution in [0.5, 0.6) is 0 Å². The van der Waals surface area contributed by atoms with Crippen molar-refractivity contribution >= 4 is 27.7 Å². The first-order chi connectivity index (χ1) is 15.7. The standard InChI is InChI=1S/C23H27N3O6S/c24-15-18(27)13-16-8-10-17(11-9-16)14-20(23(29)30)25-22(28)21-7-4-12-26(21)33(31,32)19-5-2-1-3-6-19/h1-3,5-6,8-11,20-21H,4,7,12-15,24H2,(H,25,28)(H,29,30)/t20-,21-/m0/s1. The predicted octanol–water partition coefficient (Wildman–Crippen LogP) is 0.722. The second-order valence-electron chi connectivity index (χ2n) is 7.93. The maximum Gasteiger partial charge on any atom is 0.326 e. The van der Waals surface area contributed by atoms with E-state index < -0.39 is 34.0 Å². The maximum atomic E-state index is 13.0. The summed E-state index contributed by atoms with van der Waals surface area (Å²) in [6.07, 6.45) is 1.03. The van der Waals surface area contributed by atoms with E-state index in [0.29, 0.717) is 18.4 Å². The van der Waals surface area contributed by atoms with Gasteiger partial charge >= 0.3 is 5.97 Å². The lowest BCUT2D eigenvalue weighted by Crippen LogP contribution is -2.51. The van der Waals surface area contributed by atoms with E-state index in [4.69, 9.17) is 5.73 Å². The van der Waals surface area contributed by atoms with Crippen LogP contribution in [-0.2, 0) is 37.2 Å². The zero-order valence-corrected chi connectivity index (χ0v) is 18.8. The fourth-order valence-corrected chi connectivity index (χ4v) is 5.49. The van der Waals surface area contributed by atoms with Gasteiger partial charge in [0.15, 0.2) is 5.78 Å².